The minimum absolute atomic E-state index is 0.00586. The summed E-state index contributed by atoms with van der Waals surface area (Å²) in [6.07, 6.45) is 2.07. The van der Waals surface area contributed by atoms with E-state index >= 15 is 0 Å². The molecule has 0 fully saturated rings. The van der Waals surface area contributed by atoms with Crippen LogP contribution >= 0.6 is 11.6 Å². The summed E-state index contributed by atoms with van der Waals surface area (Å²) in [6, 6.07) is 11.3. The standard InChI is InChI=1S/C20H18ClFN4O3/c1-28-16-5-2-12(3-6-16)8-14(23)9-13-11-29-26-19(13)20(25-27)24-15-4-7-18(22)17(21)10-15/h2-7,10-11,23,27H,8-9H2,1H3,(H,24,25). The molecule has 7 nitrogen and oxygen atoms in total. The van der Waals surface area contributed by atoms with Crippen LogP contribution < -0.4 is 10.2 Å². The normalized spacial score (nSPS) is 11.4. The number of nitrogens with one attached hydrogen (secondary N) is 2. The van der Waals surface area contributed by atoms with Crippen molar-refractivity contribution in [2.24, 2.45) is 4.99 Å². The molecule has 0 bridgehead atoms. The molecule has 0 spiro atoms. The summed E-state index contributed by atoms with van der Waals surface area (Å²) in [5, 5.41) is 21.5. The molecule has 0 aliphatic heterocycles. The Labute approximate surface area is 171 Å². The molecule has 2 aromatic carbocycles. The highest BCUT2D eigenvalue weighted by molar-refractivity contribution is 6.31. The molecule has 3 N–H and O–H groups in total. The van der Waals surface area contributed by atoms with Crippen LogP contribution in [0.2, 0.25) is 5.02 Å². The van der Waals surface area contributed by atoms with Crippen LogP contribution in [0.15, 0.2) is 58.2 Å². The number of aromatic nitrogens is 1. The Morgan fingerprint density at radius 3 is 2.69 bits per heavy atom. The number of benzene rings is 2. The molecule has 1 heterocycles. The van der Waals surface area contributed by atoms with Gasteiger partial charge >= 0.3 is 0 Å². The number of methoxy groups -OCH3 is 1. The Bertz CT molecular complexity index is 1030. The molecule has 29 heavy (non-hydrogen) atoms. The number of nitrogens with zero attached hydrogens (tertiary/aromatic N) is 2. The lowest BCUT2D eigenvalue weighted by Gasteiger charge is -2.07. The smallest absolute Gasteiger partial charge is 0.180 e. The zero-order valence-electron chi connectivity index (χ0n) is 15.4. The first-order chi connectivity index (χ1) is 14.0. The van der Waals surface area contributed by atoms with Crippen molar-refractivity contribution in [3.63, 3.8) is 0 Å². The van der Waals surface area contributed by atoms with Crippen LogP contribution in [0.1, 0.15) is 16.8 Å². The van der Waals surface area contributed by atoms with Gasteiger partial charge < -0.3 is 14.7 Å². The number of aliphatic imine (C=N–C) groups is 1. The first-order valence-electron chi connectivity index (χ1n) is 8.57. The predicted octanol–water partition coefficient (Wildman–Crippen LogP) is 4.34. The number of hydrogen-bond donors (Lipinski definition) is 3. The summed E-state index contributed by atoms with van der Waals surface area (Å²) in [6.45, 7) is 0. The molecule has 3 rings (SSSR count). The van der Waals surface area contributed by atoms with E-state index in [4.69, 9.17) is 26.3 Å². The Balaban J connectivity index is 1.76. The van der Waals surface area contributed by atoms with E-state index in [2.05, 4.69) is 10.1 Å². The molecule has 0 saturated heterocycles. The van der Waals surface area contributed by atoms with E-state index in [9.17, 15) is 9.60 Å². The predicted molar refractivity (Wildman–Crippen MR) is 107 cm³/mol. The number of halogens is 2. The number of hydrogen-bond acceptors (Lipinski definition) is 6. The zero-order chi connectivity index (χ0) is 20.8. The van der Waals surface area contributed by atoms with E-state index in [1.165, 1.54) is 24.5 Å². The minimum atomic E-state index is -0.571. The monoisotopic (exact) mass is 416 g/mol. The molecule has 0 aliphatic rings. The van der Waals surface area contributed by atoms with Crippen molar-refractivity contribution in [3.05, 3.63) is 76.4 Å². The molecule has 150 valence electrons. The Hall–Kier alpha value is -3.23. The second-order valence-electron chi connectivity index (χ2n) is 6.16. The fourth-order valence-electron chi connectivity index (χ4n) is 2.67. The number of rotatable bonds is 7. The van der Waals surface area contributed by atoms with Gasteiger partial charge in [-0.1, -0.05) is 28.9 Å². The average Bonchev–Trinajstić information content (AvgIpc) is 3.17. The van der Waals surface area contributed by atoms with E-state index in [1.807, 2.05) is 29.7 Å². The van der Waals surface area contributed by atoms with Crippen LogP contribution in [-0.4, -0.2) is 29.0 Å². The lowest BCUT2D eigenvalue weighted by Crippen LogP contribution is -2.22. The van der Waals surface area contributed by atoms with Gasteiger partial charge in [-0.15, -0.1) is 0 Å². The van der Waals surface area contributed by atoms with Gasteiger partial charge in [0.15, 0.2) is 11.5 Å². The summed E-state index contributed by atoms with van der Waals surface area (Å²) in [4.78, 5) is 4.19. The fourth-order valence-corrected chi connectivity index (χ4v) is 2.85. The van der Waals surface area contributed by atoms with Crippen molar-refractivity contribution in [2.75, 3.05) is 7.11 Å². The van der Waals surface area contributed by atoms with Crippen LogP contribution in [0.4, 0.5) is 10.1 Å². The quantitative estimate of drug-likeness (QED) is 0.302. The third-order valence-corrected chi connectivity index (χ3v) is 4.39. The fraction of sp³-hybridized carbons (Fsp3) is 0.150. The third kappa shape index (κ3) is 5.18. The number of hydroxylamine groups is 1. The van der Waals surface area contributed by atoms with Crippen molar-refractivity contribution in [1.29, 1.82) is 5.41 Å². The van der Waals surface area contributed by atoms with Crippen molar-refractivity contribution in [1.82, 2.24) is 10.6 Å². The largest absolute Gasteiger partial charge is 0.497 e. The summed E-state index contributed by atoms with van der Waals surface area (Å²) in [5.41, 5.74) is 4.47. The van der Waals surface area contributed by atoms with Crippen molar-refractivity contribution in [3.8, 4) is 5.75 Å². The molecule has 9 heteroatoms. The van der Waals surface area contributed by atoms with Gasteiger partial charge in [-0.2, -0.15) is 0 Å². The molecule has 3 aromatic rings. The first-order valence-corrected chi connectivity index (χ1v) is 8.94. The molecule has 0 unspecified atom stereocenters. The first kappa shape index (κ1) is 20.5. The second kappa shape index (κ2) is 9.31. The van der Waals surface area contributed by atoms with Crippen molar-refractivity contribution < 1.29 is 18.9 Å². The SMILES string of the molecule is COc1ccc(CC(=N)Cc2conc2C(=Nc2ccc(F)c(Cl)c2)NO)cc1. The molecular weight excluding hydrogens is 399 g/mol. The topological polar surface area (TPSA) is 104 Å². The molecule has 1 aromatic heterocycles. The molecule has 0 aliphatic carbocycles. The molecule has 0 saturated carbocycles. The van der Waals surface area contributed by atoms with E-state index < -0.39 is 5.82 Å². The highest BCUT2D eigenvalue weighted by Gasteiger charge is 2.16. The third-order valence-electron chi connectivity index (χ3n) is 4.10. The summed E-state index contributed by atoms with van der Waals surface area (Å²) < 4.78 is 23.5. The van der Waals surface area contributed by atoms with Gasteiger partial charge in [-0.05, 0) is 35.9 Å². The van der Waals surface area contributed by atoms with Gasteiger partial charge in [0.05, 0.1) is 17.8 Å². The van der Waals surface area contributed by atoms with Gasteiger partial charge in [0.25, 0.3) is 0 Å². The maximum Gasteiger partial charge on any atom is 0.180 e. The van der Waals surface area contributed by atoms with Crippen LogP contribution in [0.5, 0.6) is 5.75 Å². The summed E-state index contributed by atoms with van der Waals surface area (Å²) >= 11 is 5.76. The second-order valence-corrected chi connectivity index (χ2v) is 6.57. The van der Waals surface area contributed by atoms with Crippen LogP contribution in [-0.2, 0) is 12.8 Å². The van der Waals surface area contributed by atoms with E-state index in [-0.39, 0.29) is 23.0 Å². The van der Waals surface area contributed by atoms with Gasteiger partial charge in [0.1, 0.15) is 17.8 Å². The highest BCUT2D eigenvalue weighted by atomic mass is 35.5. The lowest BCUT2D eigenvalue weighted by atomic mass is 10.0. The van der Waals surface area contributed by atoms with Gasteiger partial charge in [-0.3, -0.25) is 10.7 Å². The van der Waals surface area contributed by atoms with Crippen LogP contribution in [0.3, 0.4) is 0 Å². The maximum absolute atomic E-state index is 13.3. The van der Waals surface area contributed by atoms with Gasteiger partial charge in [0, 0.05) is 24.1 Å². The summed E-state index contributed by atoms with van der Waals surface area (Å²) in [5.74, 6) is 0.171. The molecule has 0 atom stereocenters. The van der Waals surface area contributed by atoms with Crippen LogP contribution in [0, 0.1) is 11.2 Å². The number of ether oxygens (including phenoxy) is 1. The molecule has 0 amide bonds. The van der Waals surface area contributed by atoms with Gasteiger partial charge in [-0.25, -0.2) is 9.38 Å². The molecular formula is C20H18ClFN4O3. The lowest BCUT2D eigenvalue weighted by molar-refractivity contribution is 0.234. The van der Waals surface area contributed by atoms with Crippen molar-refractivity contribution >= 4 is 28.8 Å². The molecule has 0 radical (unpaired) electrons. The number of amidine groups is 1. The van der Waals surface area contributed by atoms with E-state index in [1.54, 1.807) is 7.11 Å². The maximum atomic E-state index is 13.3. The average molecular weight is 417 g/mol. The van der Waals surface area contributed by atoms with Crippen LogP contribution in [0.25, 0.3) is 0 Å². The zero-order valence-corrected chi connectivity index (χ0v) is 16.2. The Morgan fingerprint density at radius 2 is 2.03 bits per heavy atom. The van der Waals surface area contributed by atoms with E-state index in [0.29, 0.717) is 23.4 Å². The van der Waals surface area contributed by atoms with E-state index in [0.717, 1.165) is 11.3 Å². The van der Waals surface area contributed by atoms with Crippen molar-refractivity contribution in [2.45, 2.75) is 12.8 Å². The van der Waals surface area contributed by atoms with Gasteiger partial charge in [0.2, 0.25) is 0 Å². The summed E-state index contributed by atoms with van der Waals surface area (Å²) in [7, 11) is 1.60. The minimum Gasteiger partial charge on any atom is -0.497 e. The Kier molecular flexibility index (Phi) is 6.58. The Morgan fingerprint density at radius 1 is 1.28 bits per heavy atom. The highest BCUT2D eigenvalue weighted by Crippen LogP contribution is 2.23.